The smallest absolute Gasteiger partial charge is 0.324 e. The largest absolute Gasteiger partial charge is 0.468 e. The van der Waals surface area contributed by atoms with Crippen LogP contribution in [0.1, 0.15) is 40.0 Å². The van der Waals surface area contributed by atoms with E-state index in [-0.39, 0.29) is 12.0 Å². The molecule has 1 heterocycles. The maximum atomic E-state index is 11.7. The lowest BCUT2D eigenvalue weighted by Crippen LogP contribution is -2.46. The van der Waals surface area contributed by atoms with E-state index in [1.54, 1.807) is 0 Å². The Morgan fingerprint density at radius 1 is 1.39 bits per heavy atom. The minimum atomic E-state index is -0.190. The van der Waals surface area contributed by atoms with Gasteiger partial charge in [0.2, 0.25) is 0 Å². The van der Waals surface area contributed by atoms with Crippen LogP contribution < -0.4 is 5.32 Å². The van der Waals surface area contributed by atoms with Crippen molar-refractivity contribution < 1.29 is 9.53 Å². The van der Waals surface area contributed by atoms with Gasteiger partial charge in [-0.25, -0.2) is 0 Å². The zero-order chi connectivity index (χ0) is 13.6. The summed E-state index contributed by atoms with van der Waals surface area (Å²) in [7, 11) is 1.46. The highest BCUT2D eigenvalue weighted by molar-refractivity contribution is 5.75. The molecule has 0 radical (unpaired) electrons. The first-order valence-electron chi connectivity index (χ1n) is 7.14. The topological polar surface area (TPSA) is 41.6 Å². The number of nitrogens with one attached hydrogen (secondary N) is 1. The molecular weight excluding hydrogens is 228 g/mol. The summed E-state index contributed by atoms with van der Waals surface area (Å²) in [6.07, 6.45) is 3.70. The second kappa shape index (κ2) is 7.10. The van der Waals surface area contributed by atoms with Gasteiger partial charge in [-0.15, -0.1) is 0 Å². The Kier molecular flexibility index (Phi) is 6.09. The number of likely N-dealkylation sites (tertiary alicyclic amines) is 1. The maximum Gasteiger partial charge on any atom is 0.324 e. The van der Waals surface area contributed by atoms with E-state index in [0.717, 1.165) is 26.2 Å². The SMILES string of the molecule is CCNC(CN1CCC(CC)(CC)C1)C(=O)OC. The molecule has 1 atom stereocenters. The molecule has 1 N–H and O–H groups in total. The molecule has 4 heteroatoms. The van der Waals surface area contributed by atoms with Crippen molar-refractivity contribution >= 4 is 5.97 Å². The maximum absolute atomic E-state index is 11.7. The average Bonchev–Trinajstić information content (AvgIpc) is 2.81. The molecular formula is C14H28N2O2. The van der Waals surface area contributed by atoms with Crippen molar-refractivity contribution in [1.82, 2.24) is 10.2 Å². The van der Waals surface area contributed by atoms with Crippen LogP contribution in [-0.4, -0.2) is 50.2 Å². The lowest BCUT2D eigenvalue weighted by atomic mass is 9.82. The number of nitrogens with zero attached hydrogens (tertiary/aromatic N) is 1. The van der Waals surface area contributed by atoms with Crippen molar-refractivity contribution in [2.24, 2.45) is 5.41 Å². The van der Waals surface area contributed by atoms with Gasteiger partial charge in [-0.1, -0.05) is 20.8 Å². The van der Waals surface area contributed by atoms with Gasteiger partial charge in [0.05, 0.1) is 7.11 Å². The summed E-state index contributed by atoms with van der Waals surface area (Å²) < 4.78 is 4.85. The number of carbonyl (C=O) groups is 1. The highest BCUT2D eigenvalue weighted by atomic mass is 16.5. The third kappa shape index (κ3) is 3.69. The zero-order valence-corrected chi connectivity index (χ0v) is 12.3. The Morgan fingerprint density at radius 2 is 2.06 bits per heavy atom. The minimum Gasteiger partial charge on any atom is -0.468 e. The summed E-state index contributed by atoms with van der Waals surface area (Å²) in [4.78, 5) is 14.1. The van der Waals surface area contributed by atoms with E-state index in [9.17, 15) is 4.79 Å². The standard InChI is InChI=1S/C14H28N2O2/c1-5-14(6-2)8-9-16(11-14)10-12(15-7-3)13(17)18-4/h12,15H,5-11H2,1-4H3. The van der Waals surface area contributed by atoms with Crippen molar-refractivity contribution in [3.8, 4) is 0 Å². The molecule has 1 aliphatic rings. The van der Waals surface area contributed by atoms with Gasteiger partial charge in [0, 0.05) is 13.1 Å². The van der Waals surface area contributed by atoms with Crippen LogP contribution in [0.15, 0.2) is 0 Å². The highest BCUT2D eigenvalue weighted by Gasteiger charge is 2.36. The van der Waals surface area contributed by atoms with Crippen molar-refractivity contribution in [1.29, 1.82) is 0 Å². The van der Waals surface area contributed by atoms with Gasteiger partial charge >= 0.3 is 5.97 Å². The third-order valence-corrected chi connectivity index (χ3v) is 4.39. The summed E-state index contributed by atoms with van der Waals surface area (Å²) in [5.74, 6) is -0.151. The summed E-state index contributed by atoms with van der Waals surface area (Å²) in [5.41, 5.74) is 0.465. The number of ether oxygens (including phenoxy) is 1. The van der Waals surface area contributed by atoms with Crippen LogP contribution in [0.4, 0.5) is 0 Å². The molecule has 106 valence electrons. The number of hydrogen-bond donors (Lipinski definition) is 1. The first kappa shape index (κ1) is 15.4. The first-order valence-corrected chi connectivity index (χ1v) is 7.14. The molecule has 4 nitrogen and oxygen atoms in total. The van der Waals surface area contributed by atoms with Gasteiger partial charge in [-0.3, -0.25) is 4.79 Å². The van der Waals surface area contributed by atoms with Gasteiger partial charge in [0.1, 0.15) is 6.04 Å². The van der Waals surface area contributed by atoms with Crippen LogP contribution in [0.3, 0.4) is 0 Å². The predicted molar refractivity (Wildman–Crippen MR) is 73.6 cm³/mol. The molecule has 1 saturated heterocycles. The monoisotopic (exact) mass is 256 g/mol. The first-order chi connectivity index (χ1) is 8.60. The molecule has 1 unspecified atom stereocenters. The molecule has 0 spiro atoms. The summed E-state index contributed by atoms with van der Waals surface area (Å²) >= 11 is 0. The molecule has 0 aromatic rings. The normalized spacial score (nSPS) is 20.9. The molecule has 0 amide bonds. The van der Waals surface area contributed by atoms with Gasteiger partial charge in [0.25, 0.3) is 0 Å². The number of hydrogen-bond acceptors (Lipinski definition) is 4. The average molecular weight is 256 g/mol. The van der Waals surface area contributed by atoms with Crippen molar-refractivity contribution in [2.75, 3.05) is 33.3 Å². The van der Waals surface area contributed by atoms with Gasteiger partial charge in [-0.05, 0) is 37.8 Å². The summed E-state index contributed by atoms with van der Waals surface area (Å²) in [6.45, 7) is 10.3. The van der Waals surface area contributed by atoms with E-state index >= 15 is 0 Å². The second-order valence-corrected chi connectivity index (χ2v) is 5.33. The number of methoxy groups -OCH3 is 1. The molecule has 18 heavy (non-hydrogen) atoms. The van der Waals surface area contributed by atoms with Gasteiger partial charge in [0.15, 0.2) is 0 Å². The predicted octanol–water partition coefficient (Wildman–Crippen LogP) is 1.65. The van der Waals surface area contributed by atoms with Crippen LogP contribution in [0, 0.1) is 5.41 Å². The third-order valence-electron chi connectivity index (χ3n) is 4.39. The number of rotatable bonds is 7. The van der Waals surface area contributed by atoms with Crippen LogP contribution in [0.25, 0.3) is 0 Å². The van der Waals surface area contributed by atoms with E-state index in [2.05, 4.69) is 24.1 Å². The second-order valence-electron chi connectivity index (χ2n) is 5.33. The van der Waals surface area contributed by atoms with Crippen LogP contribution in [0.2, 0.25) is 0 Å². The van der Waals surface area contributed by atoms with Crippen molar-refractivity contribution in [2.45, 2.75) is 46.1 Å². The quantitative estimate of drug-likeness (QED) is 0.703. The fraction of sp³-hybridized carbons (Fsp3) is 0.929. The molecule has 0 bridgehead atoms. The number of likely N-dealkylation sites (N-methyl/N-ethyl adjacent to an activating group) is 1. The molecule has 1 rings (SSSR count). The van der Waals surface area contributed by atoms with E-state index in [1.165, 1.54) is 26.4 Å². The fourth-order valence-corrected chi connectivity index (χ4v) is 2.88. The number of carbonyl (C=O) groups excluding carboxylic acids is 1. The van der Waals surface area contributed by atoms with E-state index < -0.39 is 0 Å². The molecule has 0 aromatic heterocycles. The molecule has 0 saturated carbocycles. The minimum absolute atomic E-state index is 0.151. The summed E-state index contributed by atoms with van der Waals surface area (Å²) in [6, 6.07) is -0.190. The van der Waals surface area contributed by atoms with E-state index in [1.807, 2.05) is 6.92 Å². The lowest BCUT2D eigenvalue weighted by molar-refractivity contribution is -0.143. The van der Waals surface area contributed by atoms with Gasteiger partial charge < -0.3 is 15.0 Å². The summed E-state index contributed by atoms with van der Waals surface area (Å²) in [5, 5.41) is 3.21. The zero-order valence-electron chi connectivity index (χ0n) is 12.3. The van der Waals surface area contributed by atoms with Crippen LogP contribution in [-0.2, 0) is 9.53 Å². The lowest BCUT2D eigenvalue weighted by Gasteiger charge is -2.28. The van der Waals surface area contributed by atoms with Crippen LogP contribution >= 0.6 is 0 Å². The van der Waals surface area contributed by atoms with Crippen molar-refractivity contribution in [3.05, 3.63) is 0 Å². The Hall–Kier alpha value is -0.610. The Bertz CT molecular complexity index is 265. The van der Waals surface area contributed by atoms with E-state index in [0.29, 0.717) is 5.41 Å². The molecule has 0 aliphatic carbocycles. The Balaban J connectivity index is 2.53. The Morgan fingerprint density at radius 3 is 2.50 bits per heavy atom. The molecule has 1 fully saturated rings. The van der Waals surface area contributed by atoms with E-state index in [4.69, 9.17) is 4.74 Å². The Labute approximate surface area is 111 Å². The highest BCUT2D eigenvalue weighted by Crippen LogP contribution is 2.36. The number of esters is 1. The fourth-order valence-electron chi connectivity index (χ4n) is 2.88. The van der Waals surface area contributed by atoms with Crippen LogP contribution in [0.5, 0.6) is 0 Å². The van der Waals surface area contributed by atoms with Gasteiger partial charge in [-0.2, -0.15) is 0 Å². The molecule has 0 aromatic carbocycles. The molecule has 1 aliphatic heterocycles. The van der Waals surface area contributed by atoms with Crippen molar-refractivity contribution in [3.63, 3.8) is 0 Å².